The Hall–Kier alpha value is -1.62. The lowest BCUT2D eigenvalue weighted by atomic mass is 10.2. The van der Waals surface area contributed by atoms with Gasteiger partial charge >= 0.3 is 0 Å². The third kappa shape index (κ3) is 4.40. The molecular formula is C11H14ClN3O2. The summed E-state index contributed by atoms with van der Waals surface area (Å²) in [6.45, 7) is 0.304. The van der Waals surface area contributed by atoms with Gasteiger partial charge in [0.05, 0.1) is 5.56 Å². The van der Waals surface area contributed by atoms with Crippen molar-refractivity contribution in [2.24, 2.45) is 0 Å². The summed E-state index contributed by atoms with van der Waals surface area (Å²) in [5.74, 6) is -0.291. The lowest BCUT2D eigenvalue weighted by molar-refractivity contribution is -0.128. The van der Waals surface area contributed by atoms with Gasteiger partial charge in [-0.05, 0) is 12.1 Å². The topological polar surface area (TPSA) is 62.3 Å². The molecule has 1 rings (SSSR count). The molecule has 0 aliphatic heterocycles. The van der Waals surface area contributed by atoms with Gasteiger partial charge in [-0.2, -0.15) is 0 Å². The standard InChI is InChI=1S/C11H14ClN3O2/c1-15(2)10(16)5-6-13-11(17)8-3-4-9(12)14-7-8/h3-4,7H,5-6H2,1-2H3,(H,13,17). The molecular weight excluding hydrogens is 242 g/mol. The van der Waals surface area contributed by atoms with Crippen LogP contribution in [0.2, 0.25) is 5.15 Å². The highest BCUT2D eigenvalue weighted by molar-refractivity contribution is 6.29. The van der Waals surface area contributed by atoms with E-state index in [0.717, 1.165) is 0 Å². The van der Waals surface area contributed by atoms with Crippen LogP contribution in [-0.2, 0) is 4.79 Å². The van der Waals surface area contributed by atoms with Crippen molar-refractivity contribution in [1.82, 2.24) is 15.2 Å². The molecule has 17 heavy (non-hydrogen) atoms. The van der Waals surface area contributed by atoms with E-state index in [4.69, 9.17) is 11.6 Å². The maximum Gasteiger partial charge on any atom is 0.252 e. The highest BCUT2D eigenvalue weighted by Gasteiger charge is 2.07. The van der Waals surface area contributed by atoms with Gasteiger partial charge in [0.25, 0.3) is 5.91 Å². The number of nitrogens with zero attached hydrogens (tertiary/aromatic N) is 2. The van der Waals surface area contributed by atoms with Gasteiger partial charge in [0.15, 0.2) is 0 Å². The SMILES string of the molecule is CN(C)C(=O)CCNC(=O)c1ccc(Cl)nc1. The number of carbonyl (C=O) groups excluding carboxylic acids is 2. The molecule has 0 aliphatic carbocycles. The van der Waals surface area contributed by atoms with Gasteiger partial charge in [-0.1, -0.05) is 11.6 Å². The largest absolute Gasteiger partial charge is 0.351 e. The van der Waals surface area contributed by atoms with Crippen LogP contribution in [0.3, 0.4) is 0 Å². The van der Waals surface area contributed by atoms with Gasteiger partial charge in [0, 0.05) is 33.3 Å². The van der Waals surface area contributed by atoms with Crippen molar-refractivity contribution in [2.75, 3.05) is 20.6 Å². The Morgan fingerprint density at radius 2 is 2.12 bits per heavy atom. The third-order valence-electron chi connectivity index (χ3n) is 2.11. The number of hydrogen-bond acceptors (Lipinski definition) is 3. The molecule has 0 atom stereocenters. The molecule has 0 aliphatic rings. The fraction of sp³-hybridized carbons (Fsp3) is 0.364. The van der Waals surface area contributed by atoms with E-state index in [1.54, 1.807) is 26.2 Å². The van der Waals surface area contributed by atoms with E-state index in [2.05, 4.69) is 10.3 Å². The molecule has 0 saturated carbocycles. The van der Waals surface area contributed by atoms with E-state index < -0.39 is 0 Å². The molecule has 0 spiro atoms. The smallest absolute Gasteiger partial charge is 0.252 e. The zero-order valence-electron chi connectivity index (χ0n) is 9.74. The van der Waals surface area contributed by atoms with Crippen molar-refractivity contribution in [3.63, 3.8) is 0 Å². The molecule has 1 heterocycles. The first-order chi connectivity index (χ1) is 8.00. The Bertz CT molecular complexity index is 404. The lowest BCUT2D eigenvalue weighted by Crippen LogP contribution is -2.30. The first kappa shape index (κ1) is 13.4. The van der Waals surface area contributed by atoms with Crippen LogP contribution >= 0.6 is 11.6 Å². The van der Waals surface area contributed by atoms with Crippen molar-refractivity contribution >= 4 is 23.4 Å². The van der Waals surface area contributed by atoms with Gasteiger partial charge in [0.2, 0.25) is 5.91 Å². The molecule has 0 bridgehead atoms. The molecule has 0 unspecified atom stereocenters. The van der Waals surface area contributed by atoms with Crippen molar-refractivity contribution in [3.05, 3.63) is 29.0 Å². The Kier molecular flexibility index (Phi) is 4.90. The van der Waals surface area contributed by atoms with Gasteiger partial charge in [0.1, 0.15) is 5.15 Å². The number of hydrogen-bond donors (Lipinski definition) is 1. The number of nitrogens with one attached hydrogen (secondary N) is 1. The molecule has 2 amide bonds. The molecule has 0 fully saturated rings. The number of rotatable bonds is 4. The predicted molar refractivity (Wildman–Crippen MR) is 64.9 cm³/mol. The predicted octanol–water partition coefficient (Wildman–Crippen LogP) is 0.943. The monoisotopic (exact) mass is 255 g/mol. The number of halogens is 1. The summed E-state index contributed by atoms with van der Waals surface area (Å²) in [4.78, 5) is 28.1. The zero-order valence-corrected chi connectivity index (χ0v) is 10.5. The number of aromatic nitrogens is 1. The second-order valence-electron chi connectivity index (χ2n) is 3.66. The molecule has 1 N–H and O–H groups in total. The minimum atomic E-state index is -0.263. The van der Waals surface area contributed by atoms with Crippen LogP contribution in [0, 0.1) is 0 Å². The van der Waals surface area contributed by atoms with Crippen LogP contribution < -0.4 is 5.32 Å². The second-order valence-corrected chi connectivity index (χ2v) is 4.05. The molecule has 0 radical (unpaired) electrons. The normalized spacial score (nSPS) is 9.82. The summed E-state index contributed by atoms with van der Waals surface area (Å²) < 4.78 is 0. The van der Waals surface area contributed by atoms with Crippen molar-refractivity contribution in [3.8, 4) is 0 Å². The second kappa shape index (κ2) is 6.20. The molecule has 0 aromatic carbocycles. The van der Waals surface area contributed by atoms with Gasteiger partial charge in [-0.3, -0.25) is 9.59 Å². The first-order valence-electron chi connectivity index (χ1n) is 5.10. The summed E-state index contributed by atoms with van der Waals surface area (Å²) in [7, 11) is 3.35. The van der Waals surface area contributed by atoms with E-state index in [0.29, 0.717) is 17.3 Å². The highest BCUT2D eigenvalue weighted by Crippen LogP contribution is 2.04. The quantitative estimate of drug-likeness (QED) is 0.815. The molecule has 1 aromatic rings. The average molecular weight is 256 g/mol. The summed E-state index contributed by atoms with van der Waals surface area (Å²) >= 11 is 5.60. The van der Waals surface area contributed by atoms with Crippen molar-refractivity contribution < 1.29 is 9.59 Å². The van der Waals surface area contributed by atoms with E-state index in [1.807, 2.05) is 0 Å². The molecule has 0 saturated heterocycles. The zero-order chi connectivity index (χ0) is 12.8. The fourth-order valence-electron chi connectivity index (χ4n) is 1.12. The number of carbonyl (C=O) groups is 2. The van der Waals surface area contributed by atoms with Crippen LogP contribution in [-0.4, -0.2) is 42.3 Å². The van der Waals surface area contributed by atoms with Gasteiger partial charge < -0.3 is 10.2 Å². The summed E-state index contributed by atoms with van der Waals surface area (Å²) in [5.41, 5.74) is 0.423. The Balaban J connectivity index is 2.40. The third-order valence-corrected chi connectivity index (χ3v) is 2.34. The molecule has 92 valence electrons. The fourth-order valence-corrected chi connectivity index (χ4v) is 1.23. The summed E-state index contributed by atoms with van der Waals surface area (Å²) in [6.07, 6.45) is 1.67. The van der Waals surface area contributed by atoms with Gasteiger partial charge in [-0.15, -0.1) is 0 Å². The maximum absolute atomic E-state index is 11.6. The Labute approximate surface area is 105 Å². The maximum atomic E-state index is 11.6. The minimum absolute atomic E-state index is 0.0282. The number of pyridine rings is 1. The van der Waals surface area contributed by atoms with Crippen molar-refractivity contribution in [2.45, 2.75) is 6.42 Å². The minimum Gasteiger partial charge on any atom is -0.351 e. The Morgan fingerprint density at radius 1 is 1.41 bits per heavy atom. The van der Waals surface area contributed by atoms with E-state index in [-0.39, 0.29) is 18.2 Å². The molecule has 1 aromatic heterocycles. The van der Waals surface area contributed by atoms with Crippen LogP contribution in [0.5, 0.6) is 0 Å². The number of amides is 2. The lowest BCUT2D eigenvalue weighted by Gasteiger charge is -2.10. The molecule has 5 nitrogen and oxygen atoms in total. The van der Waals surface area contributed by atoms with Crippen LogP contribution in [0.25, 0.3) is 0 Å². The van der Waals surface area contributed by atoms with E-state index in [1.165, 1.54) is 11.1 Å². The van der Waals surface area contributed by atoms with Crippen LogP contribution in [0.15, 0.2) is 18.3 Å². The summed E-state index contributed by atoms with van der Waals surface area (Å²) in [6, 6.07) is 3.12. The van der Waals surface area contributed by atoms with Crippen LogP contribution in [0.4, 0.5) is 0 Å². The Morgan fingerprint density at radius 3 is 2.65 bits per heavy atom. The van der Waals surface area contributed by atoms with Crippen molar-refractivity contribution in [1.29, 1.82) is 0 Å². The van der Waals surface area contributed by atoms with Gasteiger partial charge in [-0.25, -0.2) is 4.98 Å². The first-order valence-corrected chi connectivity index (χ1v) is 5.48. The molecule has 6 heteroatoms. The van der Waals surface area contributed by atoms with E-state index in [9.17, 15) is 9.59 Å². The summed E-state index contributed by atoms with van der Waals surface area (Å²) in [5, 5.41) is 2.97. The highest BCUT2D eigenvalue weighted by atomic mass is 35.5. The van der Waals surface area contributed by atoms with Crippen LogP contribution in [0.1, 0.15) is 16.8 Å². The average Bonchev–Trinajstić information content (AvgIpc) is 2.29. The van der Waals surface area contributed by atoms with E-state index >= 15 is 0 Å².